The average molecular weight is 396 g/mol. The molecule has 29 heavy (non-hydrogen) atoms. The number of carbonyl (C=O) groups is 1. The molecule has 2 aromatic rings. The van der Waals surface area contributed by atoms with Crippen LogP contribution in [0.3, 0.4) is 0 Å². The molecule has 0 radical (unpaired) electrons. The van der Waals surface area contributed by atoms with Gasteiger partial charge in [-0.3, -0.25) is 9.79 Å². The number of aromatic nitrogens is 2. The van der Waals surface area contributed by atoms with Gasteiger partial charge in [-0.2, -0.15) is 0 Å². The van der Waals surface area contributed by atoms with Crippen LogP contribution in [0.4, 0.5) is 5.95 Å². The van der Waals surface area contributed by atoms with Gasteiger partial charge in [-0.25, -0.2) is 9.97 Å². The van der Waals surface area contributed by atoms with Crippen molar-refractivity contribution in [3.05, 3.63) is 53.9 Å². The van der Waals surface area contributed by atoms with E-state index in [2.05, 4.69) is 55.6 Å². The molecule has 0 saturated carbocycles. The number of hydrogen-bond acceptors (Lipinski definition) is 5. The lowest BCUT2D eigenvalue weighted by atomic mass is 10.1. The third-order valence-electron chi connectivity index (χ3n) is 4.86. The largest absolute Gasteiger partial charge is 0.356 e. The number of nitrogens with zero attached hydrogens (tertiary/aromatic N) is 5. The lowest BCUT2D eigenvalue weighted by Crippen LogP contribution is -2.50. The van der Waals surface area contributed by atoms with Crippen LogP contribution in [0.15, 0.2) is 47.7 Å². The van der Waals surface area contributed by atoms with Crippen LogP contribution in [0.2, 0.25) is 0 Å². The molecule has 1 aliphatic heterocycles. The number of nitrogens with one attached hydrogen (secondary N) is 2. The summed E-state index contributed by atoms with van der Waals surface area (Å²) in [6.45, 7) is 6.21. The molecule has 1 saturated heterocycles. The molecule has 1 aromatic heterocycles. The Balaban J connectivity index is 1.37. The van der Waals surface area contributed by atoms with Crippen LogP contribution in [0.5, 0.6) is 0 Å². The zero-order valence-electron chi connectivity index (χ0n) is 17.1. The van der Waals surface area contributed by atoms with Crippen LogP contribution in [-0.4, -0.2) is 66.5 Å². The minimum atomic E-state index is 0.153. The van der Waals surface area contributed by atoms with Gasteiger partial charge in [0.15, 0.2) is 5.96 Å². The van der Waals surface area contributed by atoms with E-state index in [1.165, 1.54) is 11.1 Å². The first-order valence-electron chi connectivity index (χ1n) is 9.95. The summed E-state index contributed by atoms with van der Waals surface area (Å²) < 4.78 is 0. The highest BCUT2D eigenvalue weighted by Gasteiger charge is 2.22. The molecule has 154 valence electrons. The summed E-state index contributed by atoms with van der Waals surface area (Å²) in [5.74, 6) is 1.58. The molecule has 0 unspecified atom stereocenters. The van der Waals surface area contributed by atoms with Gasteiger partial charge < -0.3 is 20.4 Å². The fourth-order valence-corrected chi connectivity index (χ4v) is 3.28. The minimum Gasteiger partial charge on any atom is -0.356 e. The maximum absolute atomic E-state index is 12.5. The monoisotopic (exact) mass is 395 g/mol. The number of hydrogen-bond donors (Lipinski definition) is 2. The summed E-state index contributed by atoms with van der Waals surface area (Å²) in [6, 6.07) is 10.2. The number of piperazine rings is 1. The van der Waals surface area contributed by atoms with Crippen molar-refractivity contribution in [3.8, 4) is 0 Å². The van der Waals surface area contributed by atoms with Crippen LogP contribution in [0, 0.1) is 6.92 Å². The van der Waals surface area contributed by atoms with Gasteiger partial charge in [0.05, 0.1) is 0 Å². The SMILES string of the molecule is CN=C(NCCC(=O)N1CCN(c2ncccn2)CC1)NCc1cccc(C)c1. The van der Waals surface area contributed by atoms with Crippen LogP contribution >= 0.6 is 0 Å². The quantitative estimate of drug-likeness (QED) is 0.565. The van der Waals surface area contributed by atoms with Crippen LogP contribution in [0.25, 0.3) is 0 Å². The van der Waals surface area contributed by atoms with Gasteiger partial charge in [0.25, 0.3) is 0 Å². The maximum atomic E-state index is 12.5. The summed E-state index contributed by atoms with van der Waals surface area (Å²) >= 11 is 0. The molecule has 2 N–H and O–H groups in total. The highest BCUT2D eigenvalue weighted by atomic mass is 16.2. The lowest BCUT2D eigenvalue weighted by Gasteiger charge is -2.34. The Bertz CT molecular complexity index is 817. The Morgan fingerprint density at radius 2 is 1.86 bits per heavy atom. The topological polar surface area (TPSA) is 85.8 Å². The number of carbonyl (C=O) groups excluding carboxylic acids is 1. The number of anilines is 1. The van der Waals surface area contributed by atoms with Crippen molar-refractivity contribution >= 4 is 17.8 Å². The first kappa shape index (κ1) is 20.6. The number of amides is 1. The van der Waals surface area contributed by atoms with Gasteiger partial charge in [-0.15, -0.1) is 0 Å². The standard InChI is InChI=1S/C21H29N7O/c1-17-5-3-6-18(15-17)16-26-20(22-2)23-10-7-19(29)27-11-13-28(14-12-27)21-24-8-4-9-25-21/h3-6,8-9,15H,7,10-14,16H2,1-2H3,(H2,22,23,26). The zero-order valence-corrected chi connectivity index (χ0v) is 17.1. The number of aliphatic imine (C=N–C) groups is 1. The number of guanidine groups is 1. The predicted octanol–water partition coefficient (Wildman–Crippen LogP) is 1.19. The summed E-state index contributed by atoms with van der Waals surface area (Å²) in [7, 11) is 1.73. The first-order valence-corrected chi connectivity index (χ1v) is 9.95. The van der Waals surface area contributed by atoms with E-state index in [1.807, 2.05) is 11.0 Å². The van der Waals surface area contributed by atoms with Crippen LogP contribution in [0.1, 0.15) is 17.5 Å². The molecule has 1 fully saturated rings. The molecule has 3 rings (SSSR count). The predicted molar refractivity (Wildman–Crippen MR) is 115 cm³/mol. The Kier molecular flexibility index (Phi) is 7.38. The van der Waals surface area contributed by atoms with Gasteiger partial charge in [-0.05, 0) is 18.6 Å². The second-order valence-electron chi connectivity index (χ2n) is 7.01. The number of rotatable bonds is 6. The number of aryl methyl sites for hydroxylation is 1. The van der Waals surface area contributed by atoms with Gasteiger partial charge in [-0.1, -0.05) is 29.8 Å². The summed E-state index contributed by atoms with van der Waals surface area (Å²) in [4.78, 5) is 29.3. The third-order valence-corrected chi connectivity index (χ3v) is 4.86. The molecule has 1 aliphatic rings. The fourth-order valence-electron chi connectivity index (χ4n) is 3.28. The molecular weight excluding hydrogens is 366 g/mol. The van der Waals surface area contributed by atoms with Crippen molar-refractivity contribution in [2.45, 2.75) is 19.9 Å². The van der Waals surface area contributed by atoms with Crippen molar-refractivity contribution in [3.63, 3.8) is 0 Å². The first-order chi connectivity index (χ1) is 14.2. The normalized spacial score (nSPS) is 14.6. The fraction of sp³-hybridized carbons (Fsp3) is 0.429. The molecule has 0 atom stereocenters. The molecule has 8 heteroatoms. The molecule has 0 bridgehead atoms. The molecule has 1 aromatic carbocycles. The molecular formula is C21H29N7O. The maximum Gasteiger partial charge on any atom is 0.225 e. The Morgan fingerprint density at radius 1 is 1.10 bits per heavy atom. The summed E-state index contributed by atoms with van der Waals surface area (Å²) in [6.07, 6.45) is 3.92. The van der Waals surface area contributed by atoms with E-state index in [1.54, 1.807) is 25.5 Å². The zero-order chi connectivity index (χ0) is 20.5. The van der Waals surface area contributed by atoms with Crippen molar-refractivity contribution in [2.24, 2.45) is 4.99 Å². The van der Waals surface area contributed by atoms with Gasteiger partial charge >= 0.3 is 0 Å². The Hall–Kier alpha value is -3.16. The van der Waals surface area contributed by atoms with E-state index < -0.39 is 0 Å². The second-order valence-corrected chi connectivity index (χ2v) is 7.01. The van der Waals surface area contributed by atoms with E-state index in [-0.39, 0.29) is 5.91 Å². The summed E-state index contributed by atoms with van der Waals surface area (Å²) in [5.41, 5.74) is 2.43. The smallest absolute Gasteiger partial charge is 0.225 e. The van der Waals surface area contributed by atoms with Crippen LogP contribution in [-0.2, 0) is 11.3 Å². The van der Waals surface area contributed by atoms with Crippen molar-refractivity contribution in [1.29, 1.82) is 0 Å². The van der Waals surface area contributed by atoms with E-state index in [0.29, 0.717) is 38.6 Å². The number of benzene rings is 1. The minimum absolute atomic E-state index is 0.153. The van der Waals surface area contributed by atoms with E-state index >= 15 is 0 Å². The highest BCUT2D eigenvalue weighted by Crippen LogP contribution is 2.10. The van der Waals surface area contributed by atoms with Gasteiger partial charge in [0.2, 0.25) is 11.9 Å². The average Bonchev–Trinajstić information content (AvgIpc) is 2.76. The van der Waals surface area contributed by atoms with Gasteiger partial charge in [0, 0.05) is 65.1 Å². The molecule has 1 amide bonds. The summed E-state index contributed by atoms with van der Waals surface area (Å²) in [5, 5.41) is 6.50. The molecule has 0 aliphatic carbocycles. The molecule has 0 spiro atoms. The second kappa shape index (κ2) is 10.4. The van der Waals surface area contributed by atoms with Gasteiger partial charge in [0.1, 0.15) is 0 Å². The van der Waals surface area contributed by atoms with E-state index in [4.69, 9.17) is 0 Å². The van der Waals surface area contributed by atoms with E-state index in [9.17, 15) is 4.79 Å². The van der Waals surface area contributed by atoms with Crippen LogP contribution < -0.4 is 15.5 Å². The third kappa shape index (κ3) is 6.17. The lowest BCUT2D eigenvalue weighted by molar-refractivity contribution is -0.131. The molecule has 2 heterocycles. The Morgan fingerprint density at radius 3 is 2.55 bits per heavy atom. The molecule has 8 nitrogen and oxygen atoms in total. The highest BCUT2D eigenvalue weighted by molar-refractivity contribution is 5.81. The van der Waals surface area contributed by atoms with E-state index in [0.717, 1.165) is 19.0 Å². The van der Waals surface area contributed by atoms with Crippen molar-refractivity contribution in [1.82, 2.24) is 25.5 Å². The van der Waals surface area contributed by atoms with Crippen molar-refractivity contribution < 1.29 is 4.79 Å². The van der Waals surface area contributed by atoms with Crippen molar-refractivity contribution in [2.75, 3.05) is 44.7 Å². The Labute approximate surface area is 172 Å².